The molecule has 0 aliphatic rings. The fourth-order valence-electron chi connectivity index (χ4n) is 2.06. The minimum absolute atomic E-state index is 0. The van der Waals surface area contributed by atoms with E-state index in [4.69, 9.17) is 5.90 Å². The third-order valence-corrected chi connectivity index (χ3v) is 3.30. The Balaban J connectivity index is -0.00000162. The number of Topliss-reactive ketones (excluding diaryl/α,β-unsaturated/α-hetero) is 1. The van der Waals surface area contributed by atoms with Gasteiger partial charge in [-0.05, 0) is 6.42 Å². The van der Waals surface area contributed by atoms with Crippen LogP contribution in [-0.2, 0) is 14.4 Å². The first-order chi connectivity index (χ1) is 9.20. The van der Waals surface area contributed by atoms with E-state index in [1.54, 1.807) is 0 Å². The zero-order valence-corrected chi connectivity index (χ0v) is 15.3. The zero-order chi connectivity index (χ0) is 14.3. The molecule has 0 aromatic heterocycles. The van der Waals surface area contributed by atoms with E-state index in [0.29, 0.717) is 6.42 Å². The summed E-state index contributed by atoms with van der Waals surface area (Å²) in [4.78, 5) is 26.2. The molecule has 0 heterocycles. The van der Waals surface area contributed by atoms with Gasteiger partial charge in [0, 0.05) is 12.8 Å². The molecule has 0 rings (SSSR count). The molecule has 114 valence electrons. The Morgan fingerprint density at radius 1 is 0.850 bits per heavy atom. The van der Waals surface area contributed by atoms with E-state index in [-0.39, 0.29) is 49.6 Å². The average molecular weight is 295 g/mol. The van der Waals surface area contributed by atoms with Crippen LogP contribution in [0.3, 0.4) is 0 Å². The summed E-state index contributed by atoms with van der Waals surface area (Å²) in [6, 6.07) is 0. The van der Waals surface area contributed by atoms with Gasteiger partial charge >= 0.3 is 35.5 Å². The molecule has 5 heteroatoms. The Morgan fingerprint density at radius 2 is 1.35 bits per heavy atom. The first-order valence-electron chi connectivity index (χ1n) is 7.62. The predicted molar refractivity (Wildman–Crippen MR) is 77.5 cm³/mol. The van der Waals surface area contributed by atoms with Crippen LogP contribution in [0.4, 0.5) is 0 Å². The van der Waals surface area contributed by atoms with Gasteiger partial charge in [-0.1, -0.05) is 58.3 Å². The van der Waals surface area contributed by atoms with E-state index in [0.717, 1.165) is 12.8 Å². The topological polar surface area (TPSA) is 69.4 Å². The van der Waals surface area contributed by atoms with Gasteiger partial charge in [-0.25, -0.2) is 0 Å². The third-order valence-electron chi connectivity index (χ3n) is 3.30. The Morgan fingerprint density at radius 3 is 1.85 bits per heavy atom. The second-order valence-corrected chi connectivity index (χ2v) is 5.11. The smallest absolute Gasteiger partial charge is 1.00 e. The molecule has 0 saturated carbocycles. The van der Waals surface area contributed by atoms with Crippen molar-refractivity contribution in [3.05, 3.63) is 0 Å². The summed E-state index contributed by atoms with van der Waals surface area (Å²) in [5.74, 6) is 4.32. The van der Waals surface area contributed by atoms with E-state index >= 15 is 0 Å². The summed E-state index contributed by atoms with van der Waals surface area (Å²) >= 11 is 0. The summed E-state index contributed by atoms with van der Waals surface area (Å²) < 4.78 is 0. The van der Waals surface area contributed by atoms with Gasteiger partial charge in [0.25, 0.3) is 0 Å². The van der Waals surface area contributed by atoms with Crippen LogP contribution in [-0.4, -0.2) is 11.8 Å². The molecule has 0 bridgehead atoms. The maximum Gasteiger partial charge on any atom is 1.00 e. The predicted octanol–water partition coefficient (Wildman–Crippen LogP) is 0.790. The van der Waals surface area contributed by atoms with Crippen LogP contribution >= 0.6 is 0 Å². The number of unbranched alkanes of at least 4 members (excludes halogenated alkanes) is 8. The zero-order valence-electron chi connectivity index (χ0n) is 14.3. The van der Waals surface area contributed by atoms with Crippen LogP contribution in [0, 0.1) is 0 Å². The molecular weight excluding hydrogens is 265 g/mol. The molecule has 0 radical (unpaired) electrons. The molecule has 0 amide bonds. The Labute approximate surface area is 146 Å². The maximum absolute atomic E-state index is 11.4. The van der Waals surface area contributed by atoms with Crippen LogP contribution in [0.5, 0.6) is 0 Å². The first-order valence-corrected chi connectivity index (χ1v) is 7.62. The normalized spacial score (nSPS) is 9.90. The number of hydrogen-bond donors (Lipinski definition) is 1. The standard InChI is InChI=1S/C15H29NO3.Na.H/c1-2-3-4-5-6-7-8-9-10-11-14(17)12-13-15(18)19-16;;/h2-13,16H2,1H3;;/q;+1;-1. The molecule has 0 aliphatic carbocycles. The molecular formula is C15H30NNaO3. The minimum atomic E-state index is -0.513. The van der Waals surface area contributed by atoms with Crippen molar-refractivity contribution in [2.24, 2.45) is 5.90 Å². The molecule has 0 aromatic carbocycles. The molecule has 0 atom stereocenters. The van der Waals surface area contributed by atoms with Crippen LogP contribution in [0.15, 0.2) is 0 Å². The monoisotopic (exact) mass is 295 g/mol. The molecule has 0 saturated heterocycles. The number of carbonyl (C=O) groups is 2. The van der Waals surface area contributed by atoms with Crippen LogP contribution in [0.25, 0.3) is 0 Å². The van der Waals surface area contributed by atoms with Crippen molar-refractivity contribution in [2.45, 2.75) is 84.0 Å². The molecule has 0 aromatic rings. The van der Waals surface area contributed by atoms with Gasteiger partial charge in [-0.15, -0.1) is 0 Å². The van der Waals surface area contributed by atoms with Gasteiger partial charge in [0.05, 0.1) is 6.42 Å². The number of hydrogen-bond acceptors (Lipinski definition) is 4. The largest absolute Gasteiger partial charge is 1.00 e. The maximum atomic E-state index is 11.4. The molecule has 4 nitrogen and oxygen atoms in total. The van der Waals surface area contributed by atoms with Crippen molar-refractivity contribution >= 4 is 11.8 Å². The molecule has 0 unspecified atom stereocenters. The second kappa shape index (κ2) is 17.2. The summed E-state index contributed by atoms with van der Waals surface area (Å²) in [7, 11) is 0. The van der Waals surface area contributed by atoms with E-state index < -0.39 is 5.97 Å². The fraction of sp³-hybridized carbons (Fsp3) is 0.867. The van der Waals surface area contributed by atoms with Crippen molar-refractivity contribution in [2.75, 3.05) is 0 Å². The Hall–Kier alpha value is 0.1000. The molecule has 0 spiro atoms. The molecule has 0 fully saturated rings. The van der Waals surface area contributed by atoms with Crippen molar-refractivity contribution in [3.8, 4) is 0 Å². The van der Waals surface area contributed by atoms with E-state index in [1.165, 1.54) is 44.9 Å². The Bertz CT molecular complexity index is 253. The Kier molecular flexibility index (Phi) is 19.2. The van der Waals surface area contributed by atoms with Gasteiger partial charge in [0.15, 0.2) is 0 Å². The third kappa shape index (κ3) is 16.2. The van der Waals surface area contributed by atoms with Crippen molar-refractivity contribution < 1.29 is 45.4 Å². The van der Waals surface area contributed by atoms with E-state index in [2.05, 4.69) is 11.8 Å². The number of carbonyl (C=O) groups excluding carboxylic acids is 2. The van der Waals surface area contributed by atoms with Gasteiger partial charge in [-0.3, -0.25) is 9.59 Å². The summed E-state index contributed by atoms with van der Waals surface area (Å²) in [5, 5.41) is 0. The van der Waals surface area contributed by atoms with Gasteiger partial charge in [0.2, 0.25) is 0 Å². The quantitative estimate of drug-likeness (QED) is 0.310. The number of ketones is 1. The molecule has 2 N–H and O–H groups in total. The molecule has 0 aliphatic heterocycles. The van der Waals surface area contributed by atoms with Crippen LogP contribution in [0.1, 0.15) is 85.4 Å². The van der Waals surface area contributed by atoms with Crippen molar-refractivity contribution in [1.29, 1.82) is 0 Å². The summed E-state index contributed by atoms with van der Waals surface area (Å²) in [5.41, 5.74) is 0. The second-order valence-electron chi connectivity index (χ2n) is 5.11. The minimum Gasteiger partial charge on any atom is -1.00 e. The fourth-order valence-corrected chi connectivity index (χ4v) is 2.06. The van der Waals surface area contributed by atoms with Gasteiger partial charge in [-0.2, -0.15) is 5.90 Å². The van der Waals surface area contributed by atoms with E-state index in [1.807, 2.05) is 0 Å². The first kappa shape index (κ1) is 22.4. The van der Waals surface area contributed by atoms with E-state index in [9.17, 15) is 9.59 Å². The molecule has 20 heavy (non-hydrogen) atoms. The van der Waals surface area contributed by atoms with Crippen LogP contribution < -0.4 is 35.5 Å². The number of rotatable bonds is 13. The average Bonchev–Trinajstić information content (AvgIpc) is 2.42. The SMILES string of the molecule is CCCCCCCCCCCC(=O)CCC(=O)ON.[H-].[Na+]. The summed E-state index contributed by atoms with van der Waals surface area (Å²) in [6.45, 7) is 2.23. The van der Waals surface area contributed by atoms with Crippen molar-refractivity contribution in [1.82, 2.24) is 0 Å². The number of nitrogens with two attached hydrogens (primary N) is 1. The van der Waals surface area contributed by atoms with Crippen LogP contribution in [0.2, 0.25) is 0 Å². The van der Waals surface area contributed by atoms with Crippen molar-refractivity contribution in [3.63, 3.8) is 0 Å². The van der Waals surface area contributed by atoms with Gasteiger partial charge < -0.3 is 6.26 Å². The van der Waals surface area contributed by atoms with Gasteiger partial charge in [0.1, 0.15) is 5.78 Å². The summed E-state index contributed by atoms with van der Waals surface area (Å²) in [6.07, 6.45) is 12.1.